The van der Waals surface area contributed by atoms with Crippen LogP contribution in [0.4, 0.5) is 4.79 Å². The van der Waals surface area contributed by atoms with Crippen molar-refractivity contribution in [1.29, 1.82) is 0 Å². The first kappa shape index (κ1) is 13.8. The Labute approximate surface area is 114 Å². The fraction of sp³-hybridized carbons (Fsp3) is 0.643. The molecule has 0 N–H and O–H groups in total. The molecule has 2 heterocycles. The largest absolute Gasteiger partial charge is 0.450 e. The molecule has 1 aliphatic heterocycles. The standard InChI is InChI=1S/C14H21N3O2/c1-3-19-14(18)17-8-5-12(6-9-17)10-13-15-7-4-11(2)16-13/h4,7,12H,3,5-6,8-10H2,1-2H3. The fourth-order valence-corrected chi connectivity index (χ4v) is 2.39. The maximum atomic E-state index is 11.6. The average Bonchev–Trinajstić information content (AvgIpc) is 2.40. The van der Waals surface area contributed by atoms with Crippen LogP contribution in [0.15, 0.2) is 12.3 Å². The molecule has 0 bridgehead atoms. The third-order valence-corrected chi connectivity index (χ3v) is 3.46. The second-order valence-corrected chi connectivity index (χ2v) is 4.95. The van der Waals surface area contributed by atoms with Gasteiger partial charge in [0.25, 0.3) is 0 Å². The third-order valence-electron chi connectivity index (χ3n) is 3.46. The Morgan fingerprint density at radius 3 is 2.84 bits per heavy atom. The molecular formula is C14H21N3O2. The van der Waals surface area contributed by atoms with E-state index in [4.69, 9.17) is 4.74 Å². The van der Waals surface area contributed by atoms with E-state index < -0.39 is 0 Å². The normalized spacial score (nSPS) is 16.4. The summed E-state index contributed by atoms with van der Waals surface area (Å²) in [6.45, 7) is 5.80. The summed E-state index contributed by atoms with van der Waals surface area (Å²) in [5, 5.41) is 0. The van der Waals surface area contributed by atoms with E-state index in [1.54, 1.807) is 4.90 Å². The zero-order chi connectivity index (χ0) is 13.7. The van der Waals surface area contributed by atoms with Crippen molar-refractivity contribution in [3.8, 4) is 0 Å². The topological polar surface area (TPSA) is 55.3 Å². The van der Waals surface area contributed by atoms with E-state index in [1.807, 2.05) is 26.1 Å². The van der Waals surface area contributed by atoms with Crippen molar-refractivity contribution < 1.29 is 9.53 Å². The summed E-state index contributed by atoms with van der Waals surface area (Å²) in [6, 6.07) is 1.91. The van der Waals surface area contributed by atoms with Gasteiger partial charge in [0.05, 0.1) is 6.61 Å². The Morgan fingerprint density at radius 1 is 1.47 bits per heavy atom. The summed E-state index contributed by atoms with van der Waals surface area (Å²) < 4.78 is 5.01. The summed E-state index contributed by atoms with van der Waals surface area (Å²) in [5.74, 6) is 1.47. The molecule has 104 valence electrons. The highest BCUT2D eigenvalue weighted by Gasteiger charge is 2.24. The number of hydrogen-bond acceptors (Lipinski definition) is 4. The van der Waals surface area contributed by atoms with Gasteiger partial charge < -0.3 is 9.64 Å². The minimum Gasteiger partial charge on any atom is -0.450 e. The van der Waals surface area contributed by atoms with Crippen molar-refractivity contribution in [2.24, 2.45) is 5.92 Å². The fourth-order valence-electron chi connectivity index (χ4n) is 2.39. The van der Waals surface area contributed by atoms with Gasteiger partial charge in [-0.3, -0.25) is 0 Å². The van der Waals surface area contributed by atoms with Crippen LogP contribution in [0.25, 0.3) is 0 Å². The van der Waals surface area contributed by atoms with Crippen LogP contribution in [0, 0.1) is 12.8 Å². The van der Waals surface area contributed by atoms with Gasteiger partial charge in [0, 0.05) is 31.4 Å². The van der Waals surface area contributed by atoms with E-state index in [2.05, 4.69) is 9.97 Å². The number of likely N-dealkylation sites (tertiary alicyclic amines) is 1. The number of hydrogen-bond donors (Lipinski definition) is 0. The predicted octanol–water partition coefficient (Wildman–Crippen LogP) is 2.20. The van der Waals surface area contributed by atoms with E-state index in [0.717, 1.165) is 43.9 Å². The average molecular weight is 263 g/mol. The van der Waals surface area contributed by atoms with Crippen LogP contribution in [-0.4, -0.2) is 40.7 Å². The molecule has 1 amide bonds. The maximum Gasteiger partial charge on any atom is 0.409 e. The minimum absolute atomic E-state index is 0.187. The van der Waals surface area contributed by atoms with Crippen LogP contribution in [0.1, 0.15) is 31.3 Å². The number of aryl methyl sites for hydroxylation is 1. The van der Waals surface area contributed by atoms with Gasteiger partial charge >= 0.3 is 6.09 Å². The van der Waals surface area contributed by atoms with Crippen LogP contribution in [0.3, 0.4) is 0 Å². The molecule has 1 aromatic rings. The van der Waals surface area contributed by atoms with Gasteiger partial charge in [-0.05, 0) is 38.7 Å². The van der Waals surface area contributed by atoms with Gasteiger partial charge in [-0.2, -0.15) is 0 Å². The summed E-state index contributed by atoms with van der Waals surface area (Å²) in [7, 11) is 0. The van der Waals surface area contributed by atoms with Crippen LogP contribution in [0.2, 0.25) is 0 Å². The Bertz CT molecular complexity index is 428. The van der Waals surface area contributed by atoms with Crippen molar-refractivity contribution >= 4 is 6.09 Å². The molecule has 0 saturated carbocycles. The monoisotopic (exact) mass is 263 g/mol. The number of carbonyl (C=O) groups is 1. The molecule has 0 radical (unpaired) electrons. The highest BCUT2D eigenvalue weighted by molar-refractivity contribution is 5.67. The molecule has 2 rings (SSSR count). The molecule has 5 nitrogen and oxygen atoms in total. The van der Waals surface area contributed by atoms with E-state index in [0.29, 0.717) is 12.5 Å². The summed E-state index contributed by atoms with van der Waals surface area (Å²) >= 11 is 0. The molecule has 5 heteroatoms. The van der Waals surface area contributed by atoms with Gasteiger partial charge in [-0.15, -0.1) is 0 Å². The number of aromatic nitrogens is 2. The Kier molecular flexibility index (Phi) is 4.71. The summed E-state index contributed by atoms with van der Waals surface area (Å²) in [5.41, 5.74) is 1.01. The molecule has 0 unspecified atom stereocenters. The van der Waals surface area contributed by atoms with E-state index in [1.165, 1.54) is 0 Å². The van der Waals surface area contributed by atoms with Crippen LogP contribution >= 0.6 is 0 Å². The molecule has 0 atom stereocenters. The van der Waals surface area contributed by atoms with Crippen molar-refractivity contribution in [3.05, 3.63) is 23.8 Å². The van der Waals surface area contributed by atoms with E-state index in [9.17, 15) is 4.79 Å². The Balaban J connectivity index is 1.82. The number of amides is 1. The second-order valence-electron chi connectivity index (χ2n) is 4.95. The number of ether oxygens (including phenoxy) is 1. The Hall–Kier alpha value is -1.65. The van der Waals surface area contributed by atoms with Gasteiger partial charge in [0.2, 0.25) is 0 Å². The highest BCUT2D eigenvalue weighted by Crippen LogP contribution is 2.20. The lowest BCUT2D eigenvalue weighted by atomic mass is 9.93. The number of nitrogens with zero attached hydrogens (tertiary/aromatic N) is 3. The molecule has 0 aliphatic carbocycles. The quantitative estimate of drug-likeness (QED) is 0.839. The zero-order valence-electron chi connectivity index (χ0n) is 11.6. The smallest absolute Gasteiger partial charge is 0.409 e. The van der Waals surface area contributed by atoms with Gasteiger partial charge in [-0.25, -0.2) is 14.8 Å². The second kappa shape index (κ2) is 6.50. The molecule has 1 fully saturated rings. The molecule has 1 saturated heterocycles. The number of carbonyl (C=O) groups excluding carboxylic acids is 1. The predicted molar refractivity (Wildman–Crippen MR) is 71.8 cm³/mol. The minimum atomic E-state index is -0.187. The zero-order valence-corrected chi connectivity index (χ0v) is 11.6. The third kappa shape index (κ3) is 3.91. The maximum absolute atomic E-state index is 11.6. The van der Waals surface area contributed by atoms with Crippen LogP contribution in [0.5, 0.6) is 0 Å². The van der Waals surface area contributed by atoms with Crippen molar-refractivity contribution in [2.75, 3.05) is 19.7 Å². The Morgan fingerprint density at radius 2 is 2.21 bits per heavy atom. The number of rotatable bonds is 3. The first-order chi connectivity index (χ1) is 9.19. The number of piperidine rings is 1. The van der Waals surface area contributed by atoms with Crippen LogP contribution < -0.4 is 0 Å². The van der Waals surface area contributed by atoms with Crippen molar-refractivity contribution in [1.82, 2.24) is 14.9 Å². The van der Waals surface area contributed by atoms with E-state index in [-0.39, 0.29) is 6.09 Å². The summed E-state index contributed by atoms with van der Waals surface area (Å²) in [4.78, 5) is 22.1. The SMILES string of the molecule is CCOC(=O)N1CCC(Cc2nccc(C)n2)CC1. The van der Waals surface area contributed by atoms with Gasteiger partial charge in [0.15, 0.2) is 0 Å². The first-order valence-corrected chi connectivity index (χ1v) is 6.89. The molecule has 1 aliphatic rings. The lowest BCUT2D eigenvalue weighted by molar-refractivity contribution is 0.0916. The lowest BCUT2D eigenvalue weighted by Gasteiger charge is -2.30. The lowest BCUT2D eigenvalue weighted by Crippen LogP contribution is -2.39. The van der Waals surface area contributed by atoms with Crippen LogP contribution in [-0.2, 0) is 11.2 Å². The van der Waals surface area contributed by atoms with E-state index >= 15 is 0 Å². The van der Waals surface area contributed by atoms with Crippen molar-refractivity contribution in [3.63, 3.8) is 0 Å². The molecule has 0 aromatic carbocycles. The molecule has 0 spiro atoms. The molecule has 1 aromatic heterocycles. The van der Waals surface area contributed by atoms with Crippen molar-refractivity contribution in [2.45, 2.75) is 33.1 Å². The summed E-state index contributed by atoms with van der Waals surface area (Å²) in [6.07, 6.45) is 4.52. The first-order valence-electron chi connectivity index (χ1n) is 6.89. The van der Waals surface area contributed by atoms with Gasteiger partial charge in [0.1, 0.15) is 5.82 Å². The molecular weight excluding hydrogens is 242 g/mol. The molecule has 19 heavy (non-hydrogen) atoms. The van der Waals surface area contributed by atoms with Gasteiger partial charge in [-0.1, -0.05) is 0 Å². The highest BCUT2D eigenvalue weighted by atomic mass is 16.6.